The molecule has 36 heavy (non-hydrogen) atoms. The Labute approximate surface area is 215 Å². The fourth-order valence-corrected chi connectivity index (χ4v) is 2.74. The standard InChI is InChI=1S/2C7H8BNO2.C7H9BO2.2C2H6/c2*1-6-4-2-3-5-7(6)8(10)9-11;1-6-4-2-3-5-7(6)8(9)10;2*1-2/h2*2-5,10H,1H3;2-5,9-10H,1H3;2*1-2H3. The molecule has 3 aromatic carbocycles. The summed E-state index contributed by atoms with van der Waals surface area (Å²) >= 11 is 0. The lowest BCUT2D eigenvalue weighted by atomic mass is 9.73. The second-order valence-electron chi connectivity index (χ2n) is 6.90. The molecule has 4 N–H and O–H groups in total. The van der Waals surface area contributed by atoms with Gasteiger partial charge in [-0.05, 0) is 37.2 Å². The van der Waals surface area contributed by atoms with Gasteiger partial charge in [-0.1, -0.05) is 127 Å². The van der Waals surface area contributed by atoms with Crippen LogP contribution in [-0.4, -0.2) is 41.3 Å². The third kappa shape index (κ3) is 13.1. The van der Waals surface area contributed by atoms with Gasteiger partial charge in [-0.3, -0.25) is 0 Å². The van der Waals surface area contributed by atoms with Crippen LogP contribution in [-0.2, 0) is 0 Å². The second-order valence-corrected chi connectivity index (χ2v) is 6.90. The summed E-state index contributed by atoms with van der Waals surface area (Å²) in [7, 11) is -3.80. The molecule has 0 radical (unpaired) electrons. The minimum atomic E-state index is -1.35. The molecule has 11 heteroatoms. The molecule has 0 aliphatic carbocycles. The van der Waals surface area contributed by atoms with Crippen molar-refractivity contribution >= 4 is 37.6 Å². The average Bonchev–Trinajstić information content (AvgIpc) is 2.91. The largest absolute Gasteiger partial charge is 0.517 e. The van der Waals surface area contributed by atoms with Crippen molar-refractivity contribution < 1.29 is 20.1 Å². The maximum atomic E-state index is 9.96. The number of rotatable bonds is 5. The zero-order chi connectivity index (χ0) is 28.1. The lowest BCUT2D eigenvalue weighted by Gasteiger charge is -2.01. The van der Waals surface area contributed by atoms with E-state index >= 15 is 0 Å². The maximum absolute atomic E-state index is 9.96. The summed E-state index contributed by atoms with van der Waals surface area (Å²) in [5.74, 6) is 0. The molecule has 0 aliphatic heterocycles. The van der Waals surface area contributed by atoms with Gasteiger partial charge in [-0.15, -0.1) is 0 Å². The fraction of sp³-hybridized carbons (Fsp3) is 0.280. The molecular weight excluding hydrogens is 457 g/mol. The molecule has 0 amide bonds. The Morgan fingerprint density at radius 2 is 0.750 bits per heavy atom. The van der Waals surface area contributed by atoms with Gasteiger partial charge >= 0.3 is 21.2 Å². The Hall–Kier alpha value is -3.11. The monoisotopic (exact) mass is 494 g/mol. The quantitative estimate of drug-likeness (QED) is 0.318. The van der Waals surface area contributed by atoms with Crippen LogP contribution >= 0.6 is 0 Å². The first-order chi connectivity index (χ1) is 17.2. The van der Waals surface area contributed by atoms with Crippen molar-refractivity contribution in [3.05, 3.63) is 99.3 Å². The molecule has 192 valence electrons. The van der Waals surface area contributed by atoms with Crippen LogP contribution in [0.15, 0.2) is 83.0 Å². The third-order valence-corrected chi connectivity index (χ3v) is 4.60. The summed E-state index contributed by atoms with van der Waals surface area (Å²) in [5.41, 5.74) is 4.37. The highest BCUT2D eigenvalue weighted by molar-refractivity contribution is 6.65. The predicted octanol–water partition coefficient (Wildman–Crippen LogP) is 2.63. The molecule has 0 spiro atoms. The van der Waals surface area contributed by atoms with E-state index in [1.54, 1.807) is 36.4 Å². The van der Waals surface area contributed by atoms with Crippen LogP contribution in [0.5, 0.6) is 0 Å². The van der Waals surface area contributed by atoms with E-state index in [0.717, 1.165) is 16.7 Å². The molecule has 3 aromatic rings. The van der Waals surface area contributed by atoms with Crippen molar-refractivity contribution in [2.45, 2.75) is 48.5 Å². The molecule has 8 nitrogen and oxygen atoms in total. The smallest absolute Gasteiger partial charge is 0.425 e. The summed E-state index contributed by atoms with van der Waals surface area (Å²) in [4.78, 5) is 19.9. The molecule has 0 unspecified atom stereocenters. The van der Waals surface area contributed by atoms with Crippen LogP contribution in [0.25, 0.3) is 0 Å². The molecule has 0 saturated heterocycles. The van der Waals surface area contributed by atoms with Crippen molar-refractivity contribution in [2.75, 3.05) is 0 Å². The Morgan fingerprint density at radius 3 is 0.944 bits per heavy atom. The molecule has 0 aromatic heterocycles. The van der Waals surface area contributed by atoms with Gasteiger partial charge in [-0.25, -0.2) is 0 Å². The van der Waals surface area contributed by atoms with Crippen LogP contribution in [0.2, 0.25) is 0 Å². The topological polar surface area (TPSA) is 140 Å². The molecule has 0 heterocycles. The third-order valence-electron chi connectivity index (χ3n) is 4.60. The zero-order valence-electron chi connectivity index (χ0n) is 22.2. The highest BCUT2D eigenvalue weighted by atomic mass is 16.4. The molecule has 0 aliphatic rings. The number of hydrogen-bond acceptors (Lipinski definition) is 8. The summed E-state index contributed by atoms with van der Waals surface area (Å²) in [6.45, 7) is 13.5. The minimum Gasteiger partial charge on any atom is -0.425 e. The van der Waals surface area contributed by atoms with E-state index in [2.05, 4.69) is 10.2 Å². The van der Waals surface area contributed by atoms with Crippen molar-refractivity contribution in [2.24, 2.45) is 10.2 Å². The highest BCUT2D eigenvalue weighted by Gasteiger charge is 2.17. The van der Waals surface area contributed by atoms with Gasteiger partial charge in [-0.2, -0.15) is 9.81 Å². The van der Waals surface area contributed by atoms with Crippen molar-refractivity contribution in [3.63, 3.8) is 0 Å². The fourth-order valence-electron chi connectivity index (χ4n) is 2.74. The maximum Gasteiger partial charge on any atom is 0.517 e. The summed E-state index contributed by atoms with van der Waals surface area (Å²) in [6, 6.07) is 21.4. The van der Waals surface area contributed by atoms with E-state index in [1.807, 2.05) is 84.9 Å². The molecule has 0 saturated carbocycles. The first kappa shape index (κ1) is 35.1. The number of nitrogens with zero attached hydrogens (tertiary/aromatic N) is 2. The van der Waals surface area contributed by atoms with Crippen LogP contribution in [0.3, 0.4) is 0 Å². The lowest BCUT2D eigenvalue weighted by Crippen LogP contribution is -2.31. The number of aryl methyl sites for hydroxylation is 3. The molecule has 0 bridgehead atoms. The number of benzene rings is 3. The van der Waals surface area contributed by atoms with Gasteiger partial charge in [0.2, 0.25) is 0 Å². The Bertz CT molecular complexity index is 953. The number of nitroso groups, excluding NO2 is 2. The number of hydrogen-bond donors (Lipinski definition) is 4. The van der Waals surface area contributed by atoms with Crippen LogP contribution in [0, 0.1) is 30.6 Å². The van der Waals surface area contributed by atoms with Gasteiger partial charge < -0.3 is 20.1 Å². The van der Waals surface area contributed by atoms with E-state index in [9.17, 15) is 9.81 Å². The van der Waals surface area contributed by atoms with Crippen LogP contribution in [0.4, 0.5) is 0 Å². The van der Waals surface area contributed by atoms with E-state index in [1.165, 1.54) is 0 Å². The van der Waals surface area contributed by atoms with Gasteiger partial charge in [0.25, 0.3) is 0 Å². The van der Waals surface area contributed by atoms with Crippen molar-refractivity contribution in [3.8, 4) is 0 Å². The molecule has 0 atom stereocenters. The highest BCUT2D eigenvalue weighted by Crippen LogP contribution is 1.96. The molecule has 0 fully saturated rings. The van der Waals surface area contributed by atoms with E-state index in [-0.39, 0.29) is 0 Å². The molecular formula is C25H37B3N2O6. The zero-order valence-corrected chi connectivity index (χ0v) is 22.2. The average molecular weight is 494 g/mol. The van der Waals surface area contributed by atoms with Crippen molar-refractivity contribution in [1.29, 1.82) is 0 Å². The van der Waals surface area contributed by atoms with Crippen molar-refractivity contribution in [1.82, 2.24) is 0 Å². The summed E-state index contributed by atoms with van der Waals surface area (Å²) in [5, 5.41) is 40.6. The Balaban J connectivity index is 0. The second kappa shape index (κ2) is 21.2. The first-order valence-electron chi connectivity index (χ1n) is 11.8. The van der Waals surface area contributed by atoms with E-state index < -0.39 is 21.2 Å². The summed E-state index contributed by atoms with van der Waals surface area (Å²) in [6.07, 6.45) is 0. The SMILES string of the molecule is CC.CC.Cc1ccccc1B(O)N=O.Cc1ccccc1B(O)N=O.Cc1ccccc1B(O)O. The van der Waals surface area contributed by atoms with Gasteiger partial charge in [0.05, 0.1) is 0 Å². The first-order valence-corrected chi connectivity index (χ1v) is 11.8. The normalized spacial score (nSPS) is 8.64. The minimum absolute atomic E-state index is 0.572. The van der Waals surface area contributed by atoms with Gasteiger partial charge in [0.1, 0.15) is 0 Å². The van der Waals surface area contributed by atoms with Crippen LogP contribution < -0.4 is 16.4 Å². The van der Waals surface area contributed by atoms with Gasteiger partial charge in [0, 0.05) is 0 Å². The lowest BCUT2D eigenvalue weighted by molar-refractivity contribution is 0.425. The molecule has 3 rings (SSSR count). The van der Waals surface area contributed by atoms with E-state index in [0.29, 0.717) is 16.4 Å². The van der Waals surface area contributed by atoms with Crippen LogP contribution in [0.1, 0.15) is 44.4 Å². The van der Waals surface area contributed by atoms with Gasteiger partial charge in [0.15, 0.2) is 0 Å². The Morgan fingerprint density at radius 1 is 0.500 bits per heavy atom. The Kier molecular flexibility index (Phi) is 20.6. The van der Waals surface area contributed by atoms with E-state index in [4.69, 9.17) is 20.1 Å². The predicted molar refractivity (Wildman–Crippen MR) is 153 cm³/mol. The summed E-state index contributed by atoms with van der Waals surface area (Å²) < 4.78 is 0.